The average molecular weight is 1190 g/mol. The van der Waals surface area contributed by atoms with Crippen LogP contribution in [-0.2, 0) is 54.8 Å². The van der Waals surface area contributed by atoms with Gasteiger partial charge in [0.1, 0.15) is 23.0 Å². The third-order valence-electron chi connectivity index (χ3n) is 15.5. The van der Waals surface area contributed by atoms with Gasteiger partial charge in [-0.3, -0.25) is 4.79 Å². The van der Waals surface area contributed by atoms with Crippen molar-refractivity contribution in [1.82, 2.24) is 29.9 Å². The molecule has 0 aromatic heterocycles. The number of amides is 1. The van der Waals surface area contributed by atoms with Crippen molar-refractivity contribution in [2.45, 2.75) is 92.4 Å². The highest BCUT2D eigenvalue weighted by molar-refractivity contribution is 7.89. The van der Waals surface area contributed by atoms with Gasteiger partial charge in [0.2, 0.25) is 20.0 Å². The first-order valence-corrected chi connectivity index (χ1v) is 31.2. The molecule has 6 aromatic rings. The van der Waals surface area contributed by atoms with Crippen LogP contribution in [0, 0.1) is 5.92 Å². The number of thiocarbonyl (C=S) groups is 1. The van der Waals surface area contributed by atoms with Crippen molar-refractivity contribution in [1.29, 1.82) is 0 Å². The molecule has 1 saturated carbocycles. The van der Waals surface area contributed by atoms with Gasteiger partial charge in [-0.2, -0.15) is 8.61 Å². The molecule has 1 spiro atoms. The molecule has 432 valence electrons. The molecule has 1 saturated heterocycles. The van der Waals surface area contributed by atoms with E-state index in [0.717, 1.165) is 62.7 Å². The van der Waals surface area contributed by atoms with Crippen molar-refractivity contribution in [3.63, 3.8) is 0 Å². The third kappa shape index (κ3) is 12.9. The summed E-state index contributed by atoms with van der Waals surface area (Å²) in [5.41, 5.74) is 9.85. The topological polar surface area (TPSA) is 251 Å². The molecule has 10 rings (SSSR count). The van der Waals surface area contributed by atoms with E-state index in [1.165, 1.54) is 57.1 Å². The number of anilines is 1. The number of hydrogen-bond donors (Lipinski definition) is 7. The number of aromatic hydroxyl groups is 2. The van der Waals surface area contributed by atoms with Gasteiger partial charge in [-0.15, -0.1) is 0 Å². The number of phenols is 2. The van der Waals surface area contributed by atoms with Crippen molar-refractivity contribution in [3.05, 3.63) is 171 Å². The number of nitrogens with zero attached hydrogens (tertiary/aromatic N) is 2. The fourth-order valence-electron chi connectivity index (χ4n) is 11.2. The maximum Gasteiger partial charge on any atom is 0.340 e. The monoisotopic (exact) mass is 1190 g/mol. The van der Waals surface area contributed by atoms with Crippen LogP contribution in [0.3, 0.4) is 0 Å². The summed E-state index contributed by atoms with van der Waals surface area (Å²) in [7, 11) is -8.12. The number of sulfonamides is 2. The Kier molecular flexibility index (Phi) is 18.0. The van der Waals surface area contributed by atoms with Gasteiger partial charge in [0.25, 0.3) is 5.91 Å². The zero-order valence-corrected chi connectivity index (χ0v) is 48.3. The lowest BCUT2D eigenvalue weighted by atomic mass is 9.77. The van der Waals surface area contributed by atoms with Gasteiger partial charge in [-0.25, -0.2) is 21.6 Å². The van der Waals surface area contributed by atoms with Crippen LogP contribution in [0.2, 0.25) is 5.02 Å². The Hall–Kier alpha value is -6.82. The lowest BCUT2D eigenvalue weighted by Crippen LogP contribution is -2.39. The second kappa shape index (κ2) is 25.4. The maximum atomic E-state index is 14.5. The van der Waals surface area contributed by atoms with E-state index in [1.807, 2.05) is 24.3 Å². The first kappa shape index (κ1) is 58.4. The summed E-state index contributed by atoms with van der Waals surface area (Å²) < 4.78 is 78.5. The molecule has 18 nitrogen and oxygen atoms in total. The molecule has 2 fully saturated rings. The van der Waals surface area contributed by atoms with Gasteiger partial charge >= 0.3 is 5.97 Å². The molecule has 0 radical (unpaired) electrons. The van der Waals surface area contributed by atoms with Crippen LogP contribution >= 0.6 is 23.8 Å². The lowest BCUT2D eigenvalue weighted by molar-refractivity contribution is 0.0224. The Morgan fingerprint density at radius 1 is 0.720 bits per heavy atom. The number of fused-ring (bicyclic) bond motifs is 6. The van der Waals surface area contributed by atoms with E-state index in [2.05, 4.69) is 21.3 Å². The van der Waals surface area contributed by atoms with Gasteiger partial charge in [-0.1, -0.05) is 54.8 Å². The molecule has 4 aliphatic rings. The van der Waals surface area contributed by atoms with Crippen LogP contribution in [0.15, 0.2) is 131 Å². The van der Waals surface area contributed by atoms with E-state index < -0.39 is 31.6 Å². The second-order valence-corrected chi connectivity index (χ2v) is 25.8. The maximum absolute atomic E-state index is 14.5. The van der Waals surface area contributed by atoms with Gasteiger partial charge in [0.05, 0.1) is 20.9 Å². The smallest absolute Gasteiger partial charge is 0.340 e. The Morgan fingerprint density at radius 2 is 1.32 bits per heavy atom. The fourth-order valence-corrected chi connectivity index (χ4v) is 14.7. The molecule has 1 aliphatic carbocycles. The number of nitrogens with one attached hydrogen (secondary N) is 4. The van der Waals surface area contributed by atoms with Crippen molar-refractivity contribution in [2.24, 2.45) is 5.92 Å². The van der Waals surface area contributed by atoms with E-state index >= 15 is 0 Å². The standard InChI is InChI=1S/C60H66ClN7O11S3/c61-43-11-7-39(8-12-43)38-68(44-5-1-2-6-44)82(75,76)48-17-15-47(16-18-48)81(73,74)67(36-40-23-27-63-28-24-40)37-42-9-19-49(54(62)32-42)57(71)64-25-3-29-77-30-4-26-65-59(80)66-35-41-10-20-51-50(31-41)58(72)79-60(51)52-21-13-45(69)33-55(52)78-56-34-46(70)14-22-53(56)60/h7-22,31-34,40,44,63,69-70H,1-6,23-30,35-38,62H2,(H,64,71)(H2,65,66,80). The van der Waals surface area contributed by atoms with Crippen LogP contribution < -0.4 is 31.7 Å². The molecule has 1 amide bonds. The summed E-state index contributed by atoms with van der Waals surface area (Å²) >= 11 is 11.6. The number of ether oxygens (including phenoxy) is 3. The molecular weight excluding hydrogens is 1130 g/mol. The molecule has 0 unspecified atom stereocenters. The SMILES string of the molecule is Nc1cc(CN(CC2CCNCC2)S(=O)(=O)c2ccc(S(=O)(=O)N(Cc3ccc(Cl)cc3)C3CCCC3)cc2)ccc1C(=O)NCCCOCCCNC(=S)NCc1ccc2c(c1)C(=O)OC21c2ccc(O)cc2Oc2cc(O)ccc21. The molecule has 3 aliphatic heterocycles. The van der Waals surface area contributed by atoms with Gasteiger partial charge in [0.15, 0.2) is 10.7 Å². The molecule has 3 heterocycles. The molecule has 82 heavy (non-hydrogen) atoms. The lowest BCUT2D eigenvalue weighted by Gasteiger charge is -2.36. The summed E-state index contributed by atoms with van der Waals surface area (Å²) in [6, 6.07) is 32.1. The van der Waals surface area contributed by atoms with Crippen molar-refractivity contribution >= 4 is 66.5 Å². The van der Waals surface area contributed by atoms with Crippen molar-refractivity contribution in [3.8, 4) is 23.0 Å². The van der Waals surface area contributed by atoms with Crippen LogP contribution in [0.5, 0.6) is 23.0 Å². The van der Waals surface area contributed by atoms with Gasteiger partial charge in [-0.05, 0) is 165 Å². The minimum absolute atomic E-state index is 0.00757. The van der Waals surface area contributed by atoms with Crippen molar-refractivity contribution < 1.29 is 50.8 Å². The average Bonchev–Trinajstić information content (AvgIpc) is 1.95. The zero-order valence-electron chi connectivity index (χ0n) is 45.1. The van der Waals surface area contributed by atoms with Crippen LogP contribution in [0.4, 0.5) is 5.69 Å². The Labute approximate surface area is 488 Å². The van der Waals surface area contributed by atoms with Crippen LogP contribution in [0.1, 0.15) is 105 Å². The normalized spacial score (nSPS) is 15.9. The number of phenolic OH excluding ortho intramolecular Hbond substituents is 2. The molecule has 0 bridgehead atoms. The quantitative estimate of drug-likeness (QED) is 0.0146. The van der Waals surface area contributed by atoms with Crippen LogP contribution in [-0.4, -0.2) is 105 Å². The highest BCUT2D eigenvalue weighted by Crippen LogP contribution is 2.57. The van der Waals surface area contributed by atoms with Gasteiger partial charge in [0, 0.05) is 98.1 Å². The number of benzene rings is 6. The van der Waals surface area contributed by atoms with E-state index in [0.29, 0.717) is 95.1 Å². The number of hydrogen-bond acceptors (Lipinski definition) is 14. The number of esters is 1. The van der Waals surface area contributed by atoms with Crippen LogP contribution in [0.25, 0.3) is 0 Å². The second-order valence-electron chi connectivity index (χ2n) is 21.1. The molecule has 0 atom stereocenters. The summed E-state index contributed by atoms with van der Waals surface area (Å²) in [4.78, 5) is 26.8. The molecular formula is C60H66ClN7O11S3. The van der Waals surface area contributed by atoms with E-state index in [9.17, 15) is 36.6 Å². The highest BCUT2D eigenvalue weighted by atomic mass is 35.5. The number of piperidine rings is 1. The van der Waals surface area contributed by atoms with E-state index in [1.54, 1.807) is 48.5 Å². The largest absolute Gasteiger partial charge is 0.508 e. The number of nitrogens with two attached hydrogens (primary N) is 1. The Morgan fingerprint density at radius 3 is 1.96 bits per heavy atom. The first-order chi connectivity index (χ1) is 39.5. The highest BCUT2D eigenvalue weighted by Gasteiger charge is 2.54. The number of carbonyl (C=O) groups excluding carboxylic acids is 2. The first-order valence-electron chi connectivity index (χ1n) is 27.5. The van der Waals surface area contributed by atoms with E-state index in [-0.39, 0.29) is 70.0 Å². The number of nitrogen functional groups attached to an aromatic ring is 1. The summed E-state index contributed by atoms with van der Waals surface area (Å²) in [6.07, 6.45) is 6.15. The van der Waals surface area contributed by atoms with E-state index in [4.69, 9.17) is 43.8 Å². The van der Waals surface area contributed by atoms with Crippen molar-refractivity contribution in [2.75, 3.05) is 51.7 Å². The minimum Gasteiger partial charge on any atom is -0.508 e. The zero-order chi connectivity index (χ0) is 57.6. The predicted octanol–water partition coefficient (Wildman–Crippen LogP) is 8.42. The Balaban J connectivity index is 0.672. The summed E-state index contributed by atoms with van der Waals surface area (Å²) in [6.45, 7) is 4.01. The Bertz CT molecular complexity index is 3510. The molecule has 8 N–H and O–H groups in total. The fraction of sp³-hybridized carbons (Fsp3) is 0.350. The summed E-state index contributed by atoms with van der Waals surface area (Å²) in [5.74, 6) is -0.234. The van der Waals surface area contributed by atoms with Gasteiger partial charge < -0.3 is 51.4 Å². The summed E-state index contributed by atoms with van der Waals surface area (Å²) in [5, 5.41) is 34.0. The molecule has 6 aromatic carbocycles. The third-order valence-corrected chi connectivity index (χ3v) is 19.8. The minimum atomic E-state index is -4.13. The number of halogens is 1. The number of carbonyl (C=O) groups is 2. The number of rotatable bonds is 22. The predicted molar refractivity (Wildman–Crippen MR) is 315 cm³/mol. The molecule has 22 heteroatoms.